The molecule has 0 aliphatic carbocycles. The highest BCUT2D eigenvalue weighted by molar-refractivity contribution is 6.30. The van der Waals surface area contributed by atoms with Crippen molar-refractivity contribution in [2.24, 2.45) is 0 Å². The number of fused-ring (bicyclic) bond motifs is 3. The maximum absolute atomic E-state index is 14.6. The van der Waals surface area contributed by atoms with E-state index in [-0.39, 0.29) is 62.1 Å². The third-order valence-corrected chi connectivity index (χ3v) is 8.06. The molecule has 2 atom stereocenters. The number of nitrogens with zero attached hydrogens (tertiary/aromatic N) is 3. The van der Waals surface area contributed by atoms with E-state index in [1.807, 2.05) is 24.3 Å². The maximum Gasteiger partial charge on any atom is 0.315 e. The molecule has 2 aromatic carbocycles. The molecule has 0 radical (unpaired) electrons. The van der Waals surface area contributed by atoms with Gasteiger partial charge in [0.05, 0.1) is 24.7 Å². The van der Waals surface area contributed by atoms with Crippen molar-refractivity contribution in [2.75, 3.05) is 19.7 Å². The van der Waals surface area contributed by atoms with Crippen LogP contribution >= 0.6 is 11.6 Å². The van der Waals surface area contributed by atoms with Crippen molar-refractivity contribution in [1.29, 1.82) is 0 Å². The van der Waals surface area contributed by atoms with Gasteiger partial charge in [-0.25, -0.2) is 8.78 Å². The van der Waals surface area contributed by atoms with Gasteiger partial charge in [-0.05, 0) is 31.0 Å². The Kier molecular flexibility index (Phi) is 8.77. The number of rotatable bonds is 8. The standard InChI is InChI=1S/C30H31ClF2N4O5/c1-2-42-28(40)13-26(38)35-11-10-21-20-7-3-4-9-23(20)36(25(21)16-35)17-27(39)37-15-19(32)12-24(37)30(41)34-14-18-6-5-8-22(31)29(18)33/h3-9,19,24H,2,10-17H2,1H3,(H,34,41). The van der Waals surface area contributed by atoms with Gasteiger partial charge in [0.25, 0.3) is 0 Å². The highest BCUT2D eigenvalue weighted by atomic mass is 35.5. The largest absolute Gasteiger partial charge is 0.466 e. The molecule has 0 bridgehead atoms. The number of aromatic nitrogens is 1. The summed E-state index contributed by atoms with van der Waals surface area (Å²) in [6.45, 7) is 1.88. The van der Waals surface area contributed by atoms with E-state index in [0.29, 0.717) is 13.0 Å². The van der Waals surface area contributed by atoms with Gasteiger partial charge in [0, 0.05) is 41.7 Å². The summed E-state index contributed by atoms with van der Waals surface area (Å²) in [6.07, 6.45) is -1.40. The van der Waals surface area contributed by atoms with Gasteiger partial charge in [-0.15, -0.1) is 0 Å². The van der Waals surface area contributed by atoms with E-state index in [1.165, 1.54) is 17.0 Å². The fraction of sp³-hybridized carbons (Fsp3) is 0.400. The van der Waals surface area contributed by atoms with Crippen LogP contribution in [0.5, 0.6) is 0 Å². The van der Waals surface area contributed by atoms with Crippen LogP contribution in [-0.2, 0) is 50.0 Å². The number of esters is 1. The maximum atomic E-state index is 14.6. The average Bonchev–Trinajstić information content (AvgIpc) is 3.51. The third-order valence-electron chi connectivity index (χ3n) is 7.77. The summed E-state index contributed by atoms with van der Waals surface area (Å²) in [6, 6.07) is 10.9. The van der Waals surface area contributed by atoms with Crippen LogP contribution in [0.3, 0.4) is 0 Å². The molecule has 1 saturated heterocycles. The first kappa shape index (κ1) is 29.5. The number of alkyl halides is 1. The second kappa shape index (κ2) is 12.5. The number of hydrogen-bond acceptors (Lipinski definition) is 5. The zero-order valence-electron chi connectivity index (χ0n) is 23.1. The Bertz CT molecular complexity index is 1540. The van der Waals surface area contributed by atoms with Crippen LogP contribution in [0.15, 0.2) is 42.5 Å². The molecule has 3 amide bonds. The van der Waals surface area contributed by atoms with Gasteiger partial charge in [-0.2, -0.15) is 0 Å². The van der Waals surface area contributed by atoms with Crippen molar-refractivity contribution in [3.8, 4) is 0 Å². The van der Waals surface area contributed by atoms with Gasteiger partial charge in [-0.1, -0.05) is 41.9 Å². The molecular weight excluding hydrogens is 570 g/mol. The summed E-state index contributed by atoms with van der Waals surface area (Å²) in [5, 5.41) is 3.48. The molecule has 3 heterocycles. The Hall–Kier alpha value is -3.99. The van der Waals surface area contributed by atoms with Crippen LogP contribution in [0, 0.1) is 5.82 Å². The van der Waals surface area contributed by atoms with Crippen LogP contribution in [0.2, 0.25) is 5.02 Å². The highest BCUT2D eigenvalue weighted by Gasteiger charge is 2.40. The first-order valence-electron chi connectivity index (χ1n) is 13.8. The van der Waals surface area contributed by atoms with Gasteiger partial charge in [0.1, 0.15) is 31.0 Å². The van der Waals surface area contributed by atoms with E-state index in [0.717, 1.165) is 22.2 Å². The number of likely N-dealkylation sites (tertiary alicyclic amines) is 1. The lowest BCUT2D eigenvalue weighted by atomic mass is 10.0. The molecule has 42 heavy (non-hydrogen) atoms. The summed E-state index contributed by atoms with van der Waals surface area (Å²) in [5.74, 6) is -2.65. The topological polar surface area (TPSA) is 101 Å². The molecule has 9 nitrogen and oxygen atoms in total. The van der Waals surface area contributed by atoms with Crippen molar-refractivity contribution in [3.63, 3.8) is 0 Å². The molecule has 2 unspecified atom stereocenters. The van der Waals surface area contributed by atoms with Crippen molar-refractivity contribution >= 4 is 46.2 Å². The molecule has 2 aliphatic rings. The van der Waals surface area contributed by atoms with E-state index < -0.39 is 35.8 Å². The summed E-state index contributed by atoms with van der Waals surface area (Å²) in [5.41, 5.74) is 2.71. The summed E-state index contributed by atoms with van der Waals surface area (Å²) < 4.78 is 35.6. The highest BCUT2D eigenvalue weighted by Crippen LogP contribution is 2.32. The van der Waals surface area contributed by atoms with Gasteiger partial charge in [-0.3, -0.25) is 19.2 Å². The first-order valence-corrected chi connectivity index (χ1v) is 14.2. The Labute approximate surface area is 246 Å². The number of ether oxygens (including phenoxy) is 1. The van der Waals surface area contributed by atoms with E-state index in [1.54, 1.807) is 22.5 Å². The number of amides is 3. The number of carbonyl (C=O) groups excluding carboxylic acids is 4. The minimum absolute atomic E-state index is 0.0771. The van der Waals surface area contributed by atoms with Crippen LogP contribution in [0.1, 0.15) is 36.6 Å². The average molecular weight is 601 g/mol. The van der Waals surface area contributed by atoms with Crippen LogP contribution in [0.25, 0.3) is 10.9 Å². The predicted molar refractivity (Wildman–Crippen MR) is 151 cm³/mol. The second-order valence-corrected chi connectivity index (χ2v) is 10.8. The van der Waals surface area contributed by atoms with Gasteiger partial charge >= 0.3 is 5.97 Å². The molecule has 1 aromatic heterocycles. The number of hydrogen-bond donors (Lipinski definition) is 1. The number of benzene rings is 2. The van der Waals surface area contributed by atoms with Crippen molar-refractivity contribution in [2.45, 2.75) is 58.0 Å². The Morgan fingerprint density at radius 3 is 2.67 bits per heavy atom. The van der Waals surface area contributed by atoms with Crippen molar-refractivity contribution in [3.05, 3.63) is 70.1 Å². The molecule has 12 heteroatoms. The van der Waals surface area contributed by atoms with E-state index in [2.05, 4.69) is 5.32 Å². The fourth-order valence-corrected chi connectivity index (χ4v) is 5.95. The molecular formula is C30H31ClF2N4O5. The summed E-state index contributed by atoms with van der Waals surface area (Å²) in [7, 11) is 0. The van der Waals surface area contributed by atoms with E-state index in [4.69, 9.17) is 16.3 Å². The van der Waals surface area contributed by atoms with E-state index >= 15 is 0 Å². The summed E-state index contributed by atoms with van der Waals surface area (Å²) >= 11 is 5.83. The smallest absolute Gasteiger partial charge is 0.315 e. The number of nitrogens with one attached hydrogen (secondary N) is 1. The molecule has 222 valence electrons. The molecule has 0 spiro atoms. The van der Waals surface area contributed by atoms with Crippen molar-refractivity contribution in [1.82, 2.24) is 19.7 Å². The predicted octanol–water partition coefficient (Wildman–Crippen LogP) is 3.53. The normalized spacial score (nSPS) is 18.2. The van der Waals surface area contributed by atoms with Crippen molar-refractivity contribution < 1.29 is 32.7 Å². The number of carbonyl (C=O) groups is 4. The lowest BCUT2D eigenvalue weighted by molar-refractivity contribution is -0.149. The van der Waals surface area contributed by atoms with Crippen LogP contribution < -0.4 is 5.32 Å². The third kappa shape index (κ3) is 5.97. The zero-order chi connectivity index (χ0) is 30.0. The van der Waals surface area contributed by atoms with Crippen LogP contribution in [-0.4, -0.2) is 70.0 Å². The number of para-hydroxylation sites is 1. The SMILES string of the molecule is CCOC(=O)CC(=O)N1CCc2c(n(CC(=O)N3CC(F)CC3C(=O)NCc3cccc(Cl)c3F)c3ccccc23)C1. The lowest BCUT2D eigenvalue weighted by Gasteiger charge is -2.29. The quantitative estimate of drug-likeness (QED) is 0.315. The minimum Gasteiger partial charge on any atom is -0.466 e. The number of halogens is 3. The van der Waals surface area contributed by atoms with Gasteiger partial charge in [0.2, 0.25) is 17.7 Å². The molecule has 2 aliphatic heterocycles. The molecule has 0 saturated carbocycles. The molecule has 3 aromatic rings. The Morgan fingerprint density at radius 2 is 1.88 bits per heavy atom. The van der Waals surface area contributed by atoms with Gasteiger partial charge < -0.3 is 24.4 Å². The Morgan fingerprint density at radius 1 is 1.10 bits per heavy atom. The molecule has 1 fully saturated rings. The first-order chi connectivity index (χ1) is 20.2. The molecule has 1 N–H and O–H groups in total. The monoisotopic (exact) mass is 600 g/mol. The summed E-state index contributed by atoms with van der Waals surface area (Å²) in [4.78, 5) is 54.2. The van der Waals surface area contributed by atoms with Gasteiger partial charge in [0.15, 0.2) is 0 Å². The zero-order valence-corrected chi connectivity index (χ0v) is 23.8. The molecule has 5 rings (SSSR count). The fourth-order valence-electron chi connectivity index (χ4n) is 5.76. The lowest BCUT2D eigenvalue weighted by Crippen LogP contribution is -2.47. The van der Waals surface area contributed by atoms with E-state index in [9.17, 15) is 28.0 Å². The minimum atomic E-state index is -1.39. The Balaban J connectivity index is 1.35. The van der Waals surface area contributed by atoms with Crippen LogP contribution in [0.4, 0.5) is 8.78 Å². The second-order valence-electron chi connectivity index (χ2n) is 10.4.